The number of thioether (sulfide) groups is 1. The first-order valence-electron chi connectivity index (χ1n) is 6.09. The summed E-state index contributed by atoms with van der Waals surface area (Å²) >= 11 is 2.12. The van der Waals surface area contributed by atoms with Crippen molar-refractivity contribution in [1.82, 2.24) is 10.3 Å². The van der Waals surface area contributed by atoms with Crippen LogP contribution in [-0.2, 0) is 6.54 Å². The maximum Gasteiger partial charge on any atom is 0.0570 e. The lowest BCUT2D eigenvalue weighted by molar-refractivity contribution is 0.592. The van der Waals surface area contributed by atoms with Crippen molar-refractivity contribution < 1.29 is 0 Å². The van der Waals surface area contributed by atoms with Crippen LogP contribution < -0.4 is 5.32 Å². The first-order valence-corrected chi connectivity index (χ1v) is 7.14. The lowest BCUT2D eigenvalue weighted by Crippen LogP contribution is -2.26. The van der Waals surface area contributed by atoms with Gasteiger partial charge in [0.1, 0.15) is 0 Å². The normalized spacial score (nSPS) is 20.9. The minimum absolute atomic E-state index is 0.817. The fourth-order valence-corrected chi connectivity index (χ4v) is 3.30. The van der Waals surface area contributed by atoms with E-state index in [4.69, 9.17) is 0 Å². The van der Waals surface area contributed by atoms with E-state index < -0.39 is 0 Å². The number of aromatic nitrogens is 1. The van der Waals surface area contributed by atoms with Crippen LogP contribution in [0.4, 0.5) is 0 Å². The predicted molar refractivity (Wildman–Crippen MR) is 70.8 cm³/mol. The zero-order valence-electron chi connectivity index (χ0n) is 9.91. The summed E-state index contributed by atoms with van der Waals surface area (Å²) in [6.07, 6.45) is 6.06. The second-order valence-corrected chi connectivity index (χ2v) is 5.79. The summed E-state index contributed by atoms with van der Waals surface area (Å²) in [5, 5.41) is 4.35. The molecule has 1 atom stereocenters. The molecular formula is C13H20N2S. The molecule has 2 nitrogen and oxygen atoms in total. The molecule has 0 bridgehead atoms. The van der Waals surface area contributed by atoms with Crippen LogP contribution in [0.3, 0.4) is 0 Å². The summed E-state index contributed by atoms with van der Waals surface area (Å²) in [5.41, 5.74) is 2.47. The maximum atomic E-state index is 4.39. The van der Waals surface area contributed by atoms with Crippen molar-refractivity contribution in [2.24, 2.45) is 0 Å². The SMILES string of the molecule is Cc1cccnc1CNCC1CCCCS1. The van der Waals surface area contributed by atoms with E-state index in [0.717, 1.165) is 18.3 Å². The highest BCUT2D eigenvalue weighted by Gasteiger charge is 2.13. The molecule has 3 heteroatoms. The maximum absolute atomic E-state index is 4.39. The van der Waals surface area contributed by atoms with E-state index in [-0.39, 0.29) is 0 Å². The molecule has 16 heavy (non-hydrogen) atoms. The lowest BCUT2D eigenvalue weighted by Gasteiger charge is -2.21. The van der Waals surface area contributed by atoms with Crippen LogP contribution in [0.2, 0.25) is 0 Å². The monoisotopic (exact) mass is 236 g/mol. The summed E-state index contributed by atoms with van der Waals surface area (Å²) in [6.45, 7) is 4.16. The molecule has 1 aromatic rings. The van der Waals surface area contributed by atoms with Crippen LogP contribution in [-0.4, -0.2) is 22.5 Å². The third kappa shape index (κ3) is 3.49. The molecule has 88 valence electrons. The summed E-state index contributed by atoms with van der Waals surface area (Å²) in [7, 11) is 0. The van der Waals surface area contributed by atoms with Gasteiger partial charge >= 0.3 is 0 Å². The Hall–Kier alpha value is -0.540. The van der Waals surface area contributed by atoms with Gasteiger partial charge in [0, 0.05) is 24.5 Å². The second-order valence-electron chi connectivity index (χ2n) is 4.39. The average Bonchev–Trinajstić information content (AvgIpc) is 2.33. The Bertz CT molecular complexity index is 321. The van der Waals surface area contributed by atoms with E-state index in [1.165, 1.54) is 36.3 Å². The molecular weight excluding hydrogens is 216 g/mol. The number of hydrogen-bond acceptors (Lipinski definition) is 3. The standard InChI is InChI=1S/C13H20N2S/c1-11-5-4-7-15-13(11)10-14-9-12-6-2-3-8-16-12/h4-5,7,12,14H,2-3,6,8-10H2,1H3. The van der Waals surface area contributed by atoms with Gasteiger partial charge in [-0.25, -0.2) is 0 Å². The molecule has 1 aliphatic rings. The third-order valence-corrected chi connectivity index (χ3v) is 4.45. The van der Waals surface area contributed by atoms with Gasteiger partial charge in [-0.2, -0.15) is 11.8 Å². The minimum Gasteiger partial charge on any atom is -0.310 e. The molecule has 1 N–H and O–H groups in total. The van der Waals surface area contributed by atoms with Crippen molar-refractivity contribution in [3.63, 3.8) is 0 Å². The van der Waals surface area contributed by atoms with Crippen molar-refractivity contribution in [3.05, 3.63) is 29.6 Å². The smallest absolute Gasteiger partial charge is 0.0570 e. The average molecular weight is 236 g/mol. The summed E-state index contributed by atoms with van der Waals surface area (Å²) in [6, 6.07) is 4.12. The second kappa shape index (κ2) is 6.26. The van der Waals surface area contributed by atoms with Gasteiger partial charge in [-0.05, 0) is 37.1 Å². The van der Waals surface area contributed by atoms with Crippen molar-refractivity contribution in [2.45, 2.75) is 38.0 Å². The Balaban J connectivity index is 1.73. The fraction of sp³-hybridized carbons (Fsp3) is 0.615. The Kier molecular flexibility index (Phi) is 4.67. The van der Waals surface area contributed by atoms with E-state index >= 15 is 0 Å². The highest BCUT2D eigenvalue weighted by molar-refractivity contribution is 7.99. The van der Waals surface area contributed by atoms with Gasteiger partial charge in [-0.15, -0.1) is 0 Å². The van der Waals surface area contributed by atoms with Gasteiger partial charge in [-0.1, -0.05) is 12.5 Å². The summed E-state index contributed by atoms with van der Waals surface area (Å²) in [5.74, 6) is 1.34. The number of nitrogens with zero attached hydrogens (tertiary/aromatic N) is 1. The molecule has 1 fully saturated rings. The number of aryl methyl sites for hydroxylation is 1. The molecule has 0 saturated carbocycles. The summed E-state index contributed by atoms with van der Waals surface area (Å²) in [4.78, 5) is 4.39. The third-order valence-electron chi connectivity index (χ3n) is 3.06. The van der Waals surface area contributed by atoms with Gasteiger partial charge in [0.2, 0.25) is 0 Å². The molecule has 0 aromatic carbocycles. The van der Waals surface area contributed by atoms with E-state index in [0.29, 0.717) is 0 Å². The molecule has 1 aliphatic heterocycles. The van der Waals surface area contributed by atoms with Gasteiger partial charge in [0.05, 0.1) is 5.69 Å². The number of nitrogens with one attached hydrogen (secondary N) is 1. The fourth-order valence-electron chi connectivity index (χ4n) is 2.02. The topological polar surface area (TPSA) is 24.9 Å². The quantitative estimate of drug-likeness (QED) is 0.870. The molecule has 1 unspecified atom stereocenters. The van der Waals surface area contributed by atoms with Gasteiger partial charge in [-0.3, -0.25) is 4.98 Å². The number of rotatable bonds is 4. The van der Waals surface area contributed by atoms with Crippen LogP contribution in [0.25, 0.3) is 0 Å². The Morgan fingerprint density at radius 2 is 2.44 bits per heavy atom. The highest BCUT2D eigenvalue weighted by Crippen LogP contribution is 2.24. The van der Waals surface area contributed by atoms with Crippen molar-refractivity contribution >= 4 is 11.8 Å². The Morgan fingerprint density at radius 3 is 3.19 bits per heavy atom. The first kappa shape index (κ1) is 11.9. The van der Waals surface area contributed by atoms with Crippen LogP contribution in [0, 0.1) is 6.92 Å². The Labute approximate surface area is 102 Å². The van der Waals surface area contributed by atoms with E-state index in [1.807, 2.05) is 12.3 Å². The highest BCUT2D eigenvalue weighted by atomic mass is 32.2. The van der Waals surface area contributed by atoms with Crippen LogP contribution in [0.5, 0.6) is 0 Å². The lowest BCUT2D eigenvalue weighted by atomic mass is 10.2. The Morgan fingerprint density at radius 1 is 1.50 bits per heavy atom. The van der Waals surface area contributed by atoms with Crippen LogP contribution in [0.15, 0.2) is 18.3 Å². The van der Waals surface area contributed by atoms with Crippen molar-refractivity contribution in [3.8, 4) is 0 Å². The van der Waals surface area contributed by atoms with E-state index in [1.54, 1.807) is 0 Å². The van der Waals surface area contributed by atoms with Gasteiger partial charge < -0.3 is 5.32 Å². The predicted octanol–water partition coefficient (Wildman–Crippen LogP) is 2.77. The number of pyridine rings is 1. The molecule has 2 rings (SSSR count). The number of hydrogen-bond donors (Lipinski definition) is 1. The molecule has 0 aliphatic carbocycles. The van der Waals surface area contributed by atoms with E-state index in [2.05, 4.69) is 35.1 Å². The molecule has 0 radical (unpaired) electrons. The van der Waals surface area contributed by atoms with Crippen molar-refractivity contribution in [1.29, 1.82) is 0 Å². The van der Waals surface area contributed by atoms with Crippen LogP contribution >= 0.6 is 11.8 Å². The van der Waals surface area contributed by atoms with E-state index in [9.17, 15) is 0 Å². The van der Waals surface area contributed by atoms with Crippen molar-refractivity contribution in [2.75, 3.05) is 12.3 Å². The minimum atomic E-state index is 0.817. The summed E-state index contributed by atoms with van der Waals surface area (Å²) < 4.78 is 0. The zero-order valence-corrected chi connectivity index (χ0v) is 10.7. The van der Waals surface area contributed by atoms with Gasteiger partial charge in [0.15, 0.2) is 0 Å². The molecule has 1 saturated heterocycles. The molecule has 1 aromatic heterocycles. The molecule has 0 amide bonds. The van der Waals surface area contributed by atoms with Crippen LogP contribution in [0.1, 0.15) is 30.5 Å². The molecule has 0 spiro atoms. The van der Waals surface area contributed by atoms with Gasteiger partial charge in [0.25, 0.3) is 0 Å². The largest absolute Gasteiger partial charge is 0.310 e. The zero-order chi connectivity index (χ0) is 11.2. The molecule has 2 heterocycles. The first-order chi connectivity index (χ1) is 7.86.